The largest absolute Gasteiger partial charge is 0.481 e. The Morgan fingerprint density at radius 1 is 1.33 bits per heavy atom. The maximum absolute atomic E-state index is 10.8. The summed E-state index contributed by atoms with van der Waals surface area (Å²) >= 11 is 0. The van der Waals surface area contributed by atoms with E-state index in [1.165, 1.54) is 19.3 Å². The second kappa shape index (κ2) is 6.53. The Morgan fingerprint density at radius 2 is 2.17 bits per heavy atom. The summed E-state index contributed by atoms with van der Waals surface area (Å²) < 4.78 is 5.48. The summed E-state index contributed by atoms with van der Waals surface area (Å²) in [4.78, 5) is 13.3. The number of hydrogen-bond donors (Lipinski definition) is 1. The average molecular weight is 255 g/mol. The lowest BCUT2D eigenvalue weighted by molar-refractivity contribution is -0.138. The van der Waals surface area contributed by atoms with Gasteiger partial charge in [0.1, 0.15) is 0 Å². The SMILES string of the molecule is COC1CCCC(N2CCCC(CC(=O)O)C2)C1. The average Bonchev–Trinajstić information content (AvgIpc) is 2.38. The molecule has 1 N–H and O–H groups in total. The van der Waals surface area contributed by atoms with Crippen molar-refractivity contribution in [3.05, 3.63) is 0 Å². The van der Waals surface area contributed by atoms with Gasteiger partial charge in [0.15, 0.2) is 0 Å². The topological polar surface area (TPSA) is 49.8 Å². The number of carboxylic acid groups (broad SMARTS) is 1. The van der Waals surface area contributed by atoms with Gasteiger partial charge in [0.05, 0.1) is 6.10 Å². The third-order valence-electron chi connectivity index (χ3n) is 4.46. The third-order valence-corrected chi connectivity index (χ3v) is 4.46. The molecule has 0 amide bonds. The van der Waals surface area contributed by atoms with E-state index in [0.29, 0.717) is 24.5 Å². The number of carboxylic acids is 1. The van der Waals surface area contributed by atoms with Crippen LogP contribution in [-0.4, -0.2) is 48.3 Å². The Balaban J connectivity index is 1.85. The van der Waals surface area contributed by atoms with Crippen molar-refractivity contribution in [2.24, 2.45) is 5.92 Å². The predicted molar refractivity (Wildman–Crippen MR) is 69.6 cm³/mol. The van der Waals surface area contributed by atoms with Gasteiger partial charge in [-0.3, -0.25) is 9.69 Å². The lowest BCUT2D eigenvalue weighted by Gasteiger charge is -2.41. The van der Waals surface area contributed by atoms with Crippen LogP contribution in [0.1, 0.15) is 44.9 Å². The van der Waals surface area contributed by atoms with Gasteiger partial charge in [0, 0.05) is 26.1 Å². The van der Waals surface area contributed by atoms with E-state index in [9.17, 15) is 4.79 Å². The third kappa shape index (κ3) is 3.69. The molecule has 104 valence electrons. The molecule has 1 aliphatic carbocycles. The molecular formula is C14H25NO3. The standard InChI is InChI=1S/C14H25NO3/c1-18-13-6-2-5-12(9-13)15-7-3-4-11(10-15)8-14(16)17/h11-13H,2-10H2,1H3,(H,16,17). The lowest BCUT2D eigenvalue weighted by Crippen LogP contribution is -2.46. The van der Waals surface area contributed by atoms with Crippen LogP contribution in [0.25, 0.3) is 0 Å². The molecule has 3 atom stereocenters. The molecule has 0 radical (unpaired) electrons. The van der Waals surface area contributed by atoms with Crippen LogP contribution in [0.5, 0.6) is 0 Å². The maximum atomic E-state index is 10.8. The Labute approximate surface area is 109 Å². The molecule has 2 fully saturated rings. The summed E-state index contributed by atoms with van der Waals surface area (Å²) in [6.45, 7) is 2.10. The van der Waals surface area contributed by atoms with Gasteiger partial charge >= 0.3 is 5.97 Å². The van der Waals surface area contributed by atoms with E-state index in [0.717, 1.165) is 32.4 Å². The Morgan fingerprint density at radius 3 is 2.89 bits per heavy atom. The van der Waals surface area contributed by atoms with Crippen LogP contribution < -0.4 is 0 Å². The molecule has 2 rings (SSSR count). The highest BCUT2D eigenvalue weighted by Gasteiger charge is 2.30. The Kier molecular flexibility index (Phi) is 5.01. The second-order valence-corrected chi connectivity index (χ2v) is 5.78. The summed E-state index contributed by atoms with van der Waals surface area (Å²) in [5, 5.41) is 8.90. The van der Waals surface area contributed by atoms with Crippen molar-refractivity contribution in [3.63, 3.8) is 0 Å². The van der Waals surface area contributed by atoms with Crippen molar-refractivity contribution >= 4 is 5.97 Å². The molecule has 3 unspecified atom stereocenters. The molecule has 4 nitrogen and oxygen atoms in total. The Hall–Kier alpha value is -0.610. The molecule has 1 aliphatic heterocycles. The number of rotatable bonds is 4. The maximum Gasteiger partial charge on any atom is 0.303 e. The van der Waals surface area contributed by atoms with Crippen LogP contribution in [-0.2, 0) is 9.53 Å². The van der Waals surface area contributed by atoms with Crippen molar-refractivity contribution in [1.82, 2.24) is 4.90 Å². The highest BCUT2D eigenvalue weighted by molar-refractivity contribution is 5.67. The molecular weight excluding hydrogens is 230 g/mol. The van der Waals surface area contributed by atoms with Crippen molar-refractivity contribution in [2.45, 2.75) is 57.1 Å². The zero-order valence-electron chi connectivity index (χ0n) is 11.3. The van der Waals surface area contributed by atoms with Gasteiger partial charge in [-0.05, 0) is 51.0 Å². The molecule has 1 heterocycles. The van der Waals surface area contributed by atoms with E-state index < -0.39 is 5.97 Å². The first-order valence-electron chi connectivity index (χ1n) is 7.17. The molecule has 1 saturated heterocycles. The van der Waals surface area contributed by atoms with Crippen molar-refractivity contribution < 1.29 is 14.6 Å². The van der Waals surface area contributed by atoms with Gasteiger partial charge in [-0.2, -0.15) is 0 Å². The summed E-state index contributed by atoms with van der Waals surface area (Å²) in [6, 6.07) is 0.611. The molecule has 0 aromatic rings. The van der Waals surface area contributed by atoms with Crippen LogP contribution in [0.15, 0.2) is 0 Å². The summed E-state index contributed by atoms with van der Waals surface area (Å²) in [6.07, 6.45) is 7.74. The van der Waals surface area contributed by atoms with E-state index >= 15 is 0 Å². The molecule has 2 aliphatic rings. The molecule has 0 spiro atoms. The summed E-state index contributed by atoms with van der Waals surface area (Å²) in [5.41, 5.74) is 0. The number of carbonyl (C=O) groups is 1. The number of methoxy groups -OCH3 is 1. The van der Waals surface area contributed by atoms with Crippen LogP contribution in [0.2, 0.25) is 0 Å². The second-order valence-electron chi connectivity index (χ2n) is 5.78. The van der Waals surface area contributed by atoms with Crippen LogP contribution in [0.3, 0.4) is 0 Å². The minimum Gasteiger partial charge on any atom is -0.481 e. The van der Waals surface area contributed by atoms with Gasteiger partial charge in [0.25, 0.3) is 0 Å². The molecule has 18 heavy (non-hydrogen) atoms. The number of ether oxygens (including phenoxy) is 1. The highest BCUT2D eigenvalue weighted by atomic mass is 16.5. The van der Waals surface area contributed by atoms with E-state index in [-0.39, 0.29) is 0 Å². The zero-order valence-corrected chi connectivity index (χ0v) is 11.3. The first-order valence-corrected chi connectivity index (χ1v) is 7.17. The van der Waals surface area contributed by atoms with Crippen molar-refractivity contribution in [2.75, 3.05) is 20.2 Å². The van der Waals surface area contributed by atoms with E-state index in [1.54, 1.807) is 7.11 Å². The number of likely N-dealkylation sites (tertiary alicyclic amines) is 1. The molecule has 0 bridgehead atoms. The van der Waals surface area contributed by atoms with E-state index in [2.05, 4.69) is 4.90 Å². The van der Waals surface area contributed by atoms with E-state index in [4.69, 9.17) is 9.84 Å². The molecule has 0 aromatic carbocycles. The van der Waals surface area contributed by atoms with Gasteiger partial charge in [-0.1, -0.05) is 0 Å². The fourth-order valence-electron chi connectivity index (χ4n) is 3.51. The van der Waals surface area contributed by atoms with Crippen molar-refractivity contribution in [3.8, 4) is 0 Å². The smallest absolute Gasteiger partial charge is 0.303 e. The minimum atomic E-state index is -0.653. The first kappa shape index (κ1) is 13.8. The quantitative estimate of drug-likeness (QED) is 0.836. The number of hydrogen-bond acceptors (Lipinski definition) is 3. The van der Waals surface area contributed by atoms with Gasteiger partial charge in [-0.25, -0.2) is 0 Å². The highest BCUT2D eigenvalue weighted by Crippen LogP contribution is 2.29. The molecule has 0 aromatic heterocycles. The minimum absolute atomic E-state index is 0.330. The lowest BCUT2D eigenvalue weighted by atomic mass is 9.88. The number of nitrogens with zero attached hydrogens (tertiary/aromatic N) is 1. The summed E-state index contributed by atoms with van der Waals surface area (Å²) in [7, 11) is 1.80. The van der Waals surface area contributed by atoms with Crippen LogP contribution in [0, 0.1) is 5.92 Å². The monoisotopic (exact) mass is 255 g/mol. The van der Waals surface area contributed by atoms with Gasteiger partial charge in [0.2, 0.25) is 0 Å². The zero-order chi connectivity index (χ0) is 13.0. The van der Waals surface area contributed by atoms with Gasteiger partial charge in [-0.15, -0.1) is 0 Å². The number of piperidine rings is 1. The van der Waals surface area contributed by atoms with Crippen LogP contribution >= 0.6 is 0 Å². The molecule has 4 heteroatoms. The Bertz CT molecular complexity index is 282. The fraction of sp³-hybridized carbons (Fsp3) is 0.929. The first-order chi connectivity index (χ1) is 8.69. The van der Waals surface area contributed by atoms with Crippen LogP contribution in [0.4, 0.5) is 0 Å². The normalized spacial score (nSPS) is 34.4. The van der Waals surface area contributed by atoms with Crippen molar-refractivity contribution in [1.29, 1.82) is 0 Å². The molecule has 1 saturated carbocycles. The number of aliphatic carboxylic acids is 1. The fourth-order valence-corrected chi connectivity index (χ4v) is 3.51. The predicted octanol–water partition coefficient (Wildman–Crippen LogP) is 2.13. The van der Waals surface area contributed by atoms with Gasteiger partial charge < -0.3 is 9.84 Å². The van der Waals surface area contributed by atoms with E-state index in [1.807, 2.05) is 0 Å². The summed E-state index contributed by atoms with van der Waals surface area (Å²) in [5.74, 6) is -0.306.